The lowest BCUT2D eigenvalue weighted by Crippen LogP contribution is -2.34. The third-order valence-electron chi connectivity index (χ3n) is 4.77. The molecule has 144 valence electrons. The fourth-order valence-electron chi connectivity index (χ4n) is 3.26. The zero-order chi connectivity index (χ0) is 18.9. The normalized spacial score (nSPS) is 15.4. The number of carbonyl (C=O) groups is 1. The van der Waals surface area contributed by atoms with Crippen LogP contribution < -0.4 is 10.2 Å². The molecule has 3 rings (SSSR count). The van der Waals surface area contributed by atoms with Gasteiger partial charge in [-0.05, 0) is 44.6 Å². The Bertz CT molecular complexity index is 719. The molecule has 1 aliphatic rings. The van der Waals surface area contributed by atoms with Gasteiger partial charge in [0.25, 0.3) is 0 Å². The molecule has 0 aliphatic carbocycles. The van der Waals surface area contributed by atoms with Crippen LogP contribution >= 0.6 is 11.8 Å². The van der Waals surface area contributed by atoms with Crippen LogP contribution in [0.5, 0.6) is 0 Å². The van der Waals surface area contributed by atoms with E-state index in [0.29, 0.717) is 5.75 Å². The van der Waals surface area contributed by atoms with Crippen molar-refractivity contribution >= 4 is 23.5 Å². The Labute approximate surface area is 166 Å². The van der Waals surface area contributed by atoms with Gasteiger partial charge in [0.1, 0.15) is 17.2 Å². The van der Waals surface area contributed by atoms with Gasteiger partial charge in [-0.25, -0.2) is 9.97 Å². The van der Waals surface area contributed by atoms with Gasteiger partial charge in [-0.1, -0.05) is 42.1 Å². The van der Waals surface area contributed by atoms with Gasteiger partial charge in [0.2, 0.25) is 5.91 Å². The van der Waals surface area contributed by atoms with E-state index in [9.17, 15) is 4.79 Å². The molecule has 1 atom stereocenters. The number of amides is 1. The van der Waals surface area contributed by atoms with Crippen molar-refractivity contribution < 1.29 is 4.79 Å². The Kier molecular flexibility index (Phi) is 7.51. The molecule has 1 saturated heterocycles. The molecule has 1 fully saturated rings. The highest BCUT2D eigenvalue weighted by atomic mass is 32.2. The lowest BCUT2D eigenvalue weighted by molar-refractivity contribution is -0.119. The summed E-state index contributed by atoms with van der Waals surface area (Å²) in [6, 6.07) is 12.5. The van der Waals surface area contributed by atoms with Crippen LogP contribution in [-0.4, -0.2) is 40.8 Å². The standard InChI is InChI=1S/C21H28N4OS/c1-17(10-11-18-8-4-2-5-9-18)24-20(26)15-27-21-14-19(22-16-23-21)25-12-6-3-7-13-25/h2,4-5,8-9,14,16-17H,3,6-7,10-13,15H2,1H3,(H,24,26). The first-order valence-corrected chi connectivity index (χ1v) is 10.7. The zero-order valence-electron chi connectivity index (χ0n) is 15.9. The molecule has 2 aromatic rings. The van der Waals surface area contributed by atoms with Gasteiger partial charge in [-0.15, -0.1) is 0 Å². The van der Waals surface area contributed by atoms with E-state index in [1.807, 2.05) is 12.1 Å². The number of benzene rings is 1. The van der Waals surface area contributed by atoms with E-state index >= 15 is 0 Å². The number of rotatable bonds is 8. The Balaban J connectivity index is 1.42. The van der Waals surface area contributed by atoms with Crippen molar-refractivity contribution in [2.24, 2.45) is 0 Å². The quantitative estimate of drug-likeness (QED) is 0.556. The maximum Gasteiger partial charge on any atom is 0.230 e. The first kappa shape index (κ1) is 19.7. The molecule has 2 heterocycles. The van der Waals surface area contributed by atoms with Crippen molar-refractivity contribution in [3.8, 4) is 0 Å². The lowest BCUT2D eigenvalue weighted by Gasteiger charge is -2.27. The molecule has 0 spiro atoms. The van der Waals surface area contributed by atoms with Gasteiger partial charge in [0.15, 0.2) is 0 Å². The number of thioether (sulfide) groups is 1. The fraction of sp³-hybridized carbons (Fsp3) is 0.476. The van der Waals surface area contributed by atoms with Crippen molar-refractivity contribution in [3.05, 3.63) is 48.3 Å². The zero-order valence-corrected chi connectivity index (χ0v) is 16.8. The third-order valence-corrected chi connectivity index (χ3v) is 5.70. The number of aromatic nitrogens is 2. The van der Waals surface area contributed by atoms with Crippen molar-refractivity contribution in [2.45, 2.75) is 50.1 Å². The molecule has 0 radical (unpaired) electrons. The Hall–Kier alpha value is -2.08. The van der Waals surface area contributed by atoms with E-state index in [1.54, 1.807) is 6.33 Å². The predicted molar refractivity (Wildman–Crippen MR) is 111 cm³/mol. The maximum absolute atomic E-state index is 12.2. The molecule has 1 aromatic heterocycles. The highest BCUT2D eigenvalue weighted by molar-refractivity contribution is 7.99. The van der Waals surface area contributed by atoms with Crippen molar-refractivity contribution in [1.29, 1.82) is 0 Å². The van der Waals surface area contributed by atoms with E-state index in [4.69, 9.17) is 0 Å². The molecule has 0 bridgehead atoms. The van der Waals surface area contributed by atoms with Crippen LogP contribution in [0.1, 0.15) is 38.2 Å². The number of carbonyl (C=O) groups excluding carboxylic acids is 1. The largest absolute Gasteiger partial charge is 0.356 e. The van der Waals surface area contributed by atoms with Crippen LogP contribution in [0, 0.1) is 0 Å². The second kappa shape index (κ2) is 10.3. The number of piperidine rings is 1. The molecule has 1 N–H and O–H groups in total. The minimum absolute atomic E-state index is 0.0543. The molecular formula is C21H28N4OS. The number of nitrogens with zero attached hydrogens (tertiary/aromatic N) is 3. The van der Waals surface area contributed by atoms with E-state index in [-0.39, 0.29) is 11.9 Å². The number of anilines is 1. The number of nitrogens with one attached hydrogen (secondary N) is 1. The molecular weight excluding hydrogens is 356 g/mol. The summed E-state index contributed by atoms with van der Waals surface area (Å²) in [5.74, 6) is 1.41. The minimum atomic E-state index is 0.0543. The van der Waals surface area contributed by atoms with Crippen molar-refractivity contribution in [3.63, 3.8) is 0 Å². The Morgan fingerprint density at radius 1 is 1.19 bits per heavy atom. The second-order valence-electron chi connectivity index (χ2n) is 7.04. The number of aryl methyl sites for hydroxylation is 1. The van der Waals surface area contributed by atoms with E-state index in [2.05, 4.69) is 51.4 Å². The van der Waals surface area contributed by atoms with E-state index in [0.717, 1.165) is 36.8 Å². The summed E-state index contributed by atoms with van der Waals surface area (Å²) in [5.41, 5.74) is 1.30. The lowest BCUT2D eigenvalue weighted by atomic mass is 10.1. The van der Waals surface area contributed by atoms with Gasteiger partial charge in [-0.3, -0.25) is 4.79 Å². The Morgan fingerprint density at radius 3 is 2.74 bits per heavy atom. The van der Waals surface area contributed by atoms with Gasteiger partial charge >= 0.3 is 0 Å². The number of hydrogen-bond acceptors (Lipinski definition) is 5. The van der Waals surface area contributed by atoms with Crippen molar-refractivity contribution in [2.75, 3.05) is 23.7 Å². The average Bonchev–Trinajstić information content (AvgIpc) is 2.72. The molecule has 27 heavy (non-hydrogen) atoms. The topological polar surface area (TPSA) is 58.1 Å². The third kappa shape index (κ3) is 6.54. The molecule has 1 aliphatic heterocycles. The second-order valence-corrected chi connectivity index (χ2v) is 8.04. The summed E-state index contributed by atoms with van der Waals surface area (Å²) in [4.78, 5) is 23.2. The SMILES string of the molecule is CC(CCc1ccccc1)NC(=O)CSc1cc(N2CCCCC2)ncn1. The van der Waals surface area contributed by atoms with Gasteiger partial charge < -0.3 is 10.2 Å². The summed E-state index contributed by atoms with van der Waals surface area (Å²) in [7, 11) is 0. The van der Waals surface area contributed by atoms with Gasteiger partial charge in [0, 0.05) is 25.2 Å². The highest BCUT2D eigenvalue weighted by Crippen LogP contribution is 2.22. The smallest absolute Gasteiger partial charge is 0.230 e. The van der Waals surface area contributed by atoms with Crippen LogP contribution in [0.3, 0.4) is 0 Å². The predicted octanol–water partition coefficient (Wildman–Crippen LogP) is 3.70. The number of hydrogen-bond donors (Lipinski definition) is 1. The van der Waals surface area contributed by atoms with E-state index in [1.165, 1.54) is 36.6 Å². The minimum Gasteiger partial charge on any atom is -0.356 e. The molecule has 1 aromatic carbocycles. The van der Waals surface area contributed by atoms with Gasteiger partial charge in [-0.2, -0.15) is 0 Å². The van der Waals surface area contributed by atoms with Crippen LogP contribution in [0.15, 0.2) is 47.8 Å². The summed E-state index contributed by atoms with van der Waals surface area (Å²) < 4.78 is 0. The summed E-state index contributed by atoms with van der Waals surface area (Å²) >= 11 is 1.47. The van der Waals surface area contributed by atoms with Crippen LogP contribution in [0.25, 0.3) is 0 Å². The highest BCUT2D eigenvalue weighted by Gasteiger charge is 2.14. The molecule has 6 heteroatoms. The van der Waals surface area contributed by atoms with Crippen molar-refractivity contribution in [1.82, 2.24) is 15.3 Å². The summed E-state index contributed by atoms with van der Waals surface area (Å²) in [5, 5.41) is 3.94. The van der Waals surface area contributed by atoms with Crippen LogP contribution in [0.2, 0.25) is 0 Å². The van der Waals surface area contributed by atoms with Gasteiger partial charge in [0.05, 0.1) is 5.75 Å². The average molecular weight is 385 g/mol. The van der Waals surface area contributed by atoms with Crippen LogP contribution in [-0.2, 0) is 11.2 Å². The summed E-state index contributed by atoms with van der Waals surface area (Å²) in [6.45, 7) is 4.17. The first-order valence-electron chi connectivity index (χ1n) is 9.74. The Morgan fingerprint density at radius 2 is 1.96 bits per heavy atom. The van der Waals surface area contributed by atoms with Crippen LogP contribution in [0.4, 0.5) is 5.82 Å². The summed E-state index contributed by atoms with van der Waals surface area (Å²) in [6.07, 6.45) is 7.25. The molecule has 5 nitrogen and oxygen atoms in total. The molecule has 1 unspecified atom stereocenters. The first-order chi connectivity index (χ1) is 13.2. The molecule has 1 amide bonds. The van der Waals surface area contributed by atoms with E-state index < -0.39 is 0 Å². The fourth-order valence-corrected chi connectivity index (χ4v) is 3.93. The monoisotopic (exact) mass is 384 g/mol. The molecule has 0 saturated carbocycles. The maximum atomic E-state index is 12.2.